The minimum absolute atomic E-state index is 0.119. The van der Waals surface area contributed by atoms with E-state index in [1.54, 1.807) is 17.4 Å². The van der Waals surface area contributed by atoms with Crippen LogP contribution in [-0.4, -0.2) is 12.1 Å². The number of para-hydroxylation sites is 1. The SMILES string of the molecule is O=C(Nc1ccccc1)c1c(N=Cc2c(OCc3ccc(Cl)c(Cl)c3)ccc3ccccc23)sc2c1CCCC2. The smallest absolute Gasteiger partial charge is 0.259 e. The van der Waals surface area contributed by atoms with Crippen LogP contribution in [0, 0.1) is 0 Å². The third-order valence-corrected chi connectivity index (χ3v) is 8.97. The Labute approximate surface area is 247 Å². The molecule has 0 bridgehead atoms. The van der Waals surface area contributed by atoms with Crippen LogP contribution in [-0.2, 0) is 19.4 Å². The highest BCUT2D eigenvalue weighted by atomic mass is 35.5. The minimum atomic E-state index is -0.119. The summed E-state index contributed by atoms with van der Waals surface area (Å²) in [6, 6.07) is 27.2. The zero-order valence-corrected chi connectivity index (χ0v) is 24.0. The maximum Gasteiger partial charge on any atom is 0.259 e. The number of anilines is 1. The predicted molar refractivity (Wildman–Crippen MR) is 167 cm³/mol. The van der Waals surface area contributed by atoms with Crippen LogP contribution in [0.4, 0.5) is 10.7 Å². The molecule has 40 heavy (non-hydrogen) atoms. The Morgan fingerprint density at radius 2 is 1.73 bits per heavy atom. The Hall–Kier alpha value is -3.64. The number of ether oxygens (including phenoxy) is 1. The molecule has 4 nitrogen and oxygen atoms in total. The number of fused-ring (bicyclic) bond motifs is 2. The van der Waals surface area contributed by atoms with Crippen molar-refractivity contribution >= 4 is 68.1 Å². The number of hydrogen-bond donors (Lipinski definition) is 1. The fourth-order valence-corrected chi connectivity index (χ4v) is 6.59. The fraction of sp³-hybridized carbons (Fsp3) is 0.152. The second-order valence-corrected chi connectivity index (χ2v) is 11.6. The largest absolute Gasteiger partial charge is 0.488 e. The topological polar surface area (TPSA) is 50.7 Å². The van der Waals surface area contributed by atoms with Crippen molar-refractivity contribution < 1.29 is 9.53 Å². The summed E-state index contributed by atoms with van der Waals surface area (Å²) in [5.41, 5.74) is 4.35. The van der Waals surface area contributed by atoms with E-state index >= 15 is 0 Å². The van der Waals surface area contributed by atoms with Crippen molar-refractivity contribution in [2.24, 2.45) is 4.99 Å². The van der Waals surface area contributed by atoms with Crippen LogP contribution < -0.4 is 10.1 Å². The lowest BCUT2D eigenvalue weighted by molar-refractivity contribution is 0.102. The van der Waals surface area contributed by atoms with Gasteiger partial charge in [0.25, 0.3) is 5.91 Å². The van der Waals surface area contributed by atoms with Gasteiger partial charge >= 0.3 is 0 Å². The van der Waals surface area contributed by atoms with E-state index in [-0.39, 0.29) is 5.91 Å². The predicted octanol–water partition coefficient (Wildman–Crippen LogP) is 9.67. The Morgan fingerprint density at radius 1 is 0.925 bits per heavy atom. The van der Waals surface area contributed by atoms with Gasteiger partial charge < -0.3 is 10.1 Å². The first kappa shape index (κ1) is 26.6. The molecule has 0 radical (unpaired) electrons. The Morgan fingerprint density at radius 3 is 2.58 bits per heavy atom. The number of carbonyl (C=O) groups excluding carboxylic acids is 1. The van der Waals surface area contributed by atoms with Crippen LogP contribution >= 0.6 is 34.5 Å². The van der Waals surface area contributed by atoms with Gasteiger partial charge in [-0.3, -0.25) is 4.79 Å². The molecule has 200 valence electrons. The lowest BCUT2D eigenvalue weighted by atomic mass is 9.95. The third kappa shape index (κ3) is 5.64. The second kappa shape index (κ2) is 11.8. The molecule has 0 saturated carbocycles. The highest BCUT2D eigenvalue weighted by molar-refractivity contribution is 7.16. The van der Waals surface area contributed by atoms with Crippen LogP contribution in [0.15, 0.2) is 89.9 Å². The van der Waals surface area contributed by atoms with Gasteiger partial charge in [-0.25, -0.2) is 4.99 Å². The zero-order chi connectivity index (χ0) is 27.5. The monoisotopic (exact) mass is 584 g/mol. The number of thiophene rings is 1. The standard InChI is InChI=1S/C33H26Cl2N2O2S/c34-27-16-14-21(18-28(27)35)20-39-29-17-15-22-8-4-5-11-24(22)26(29)19-36-33-31(25-12-6-7-13-30(25)40-33)32(38)37-23-9-2-1-3-10-23/h1-5,8-11,14-19H,6-7,12-13,20H2,(H,37,38). The van der Waals surface area contributed by atoms with Crippen molar-refractivity contribution in [3.63, 3.8) is 0 Å². The maximum absolute atomic E-state index is 13.5. The summed E-state index contributed by atoms with van der Waals surface area (Å²) in [4.78, 5) is 19.8. The third-order valence-electron chi connectivity index (χ3n) is 7.03. The van der Waals surface area contributed by atoms with Crippen LogP contribution in [0.2, 0.25) is 10.0 Å². The second-order valence-electron chi connectivity index (χ2n) is 9.71. The molecular weight excluding hydrogens is 559 g/mol. The molecule has 0 saturated heterocycles. The van der Waals surface area contributed by atoms with Crippen molar-refractivity contribution in [1.82, 2.24) is 0 Å². The molecule has 6 rings (SSSR count). The quantitative estimate of drug-likeness (QED) is 0.193. The molecular formula is C33H26Cl2N2O2S. The van der Waals surface area contributed by atoms with Crippen molar-refractivity contribution in [1.29, 1.82) is 0 Å². The molecule has 1 aromatic heterocycles. The van der Waals surface area contributed by atoms with Gasteiger partial charge in [0.2, 0.25) is 0 Å². The van der Waals surface area contributed by atoms with E-state index in [2.05, 4.69) is 17.4 Å². The molecule has 4 aromatic carbocycles. The number of halogens is 2. The van der Waals surface area contributed by atoms with Gasteiger partial charge in [-0.1, -0.05) is 77.8 Å². The molecule has 1 amide bonds. The van der Waals surface area contributed by atoms with E-state index in [0.717, 1.165) is 63.8 Å². The summed E-state index contributed by atoms with van der Waals surface area (Å²) < 4.78 is 6.28. The number of carbonyl (C=O) groups is 1. The molecule has 0 atom stereocenters. The summed E-state index contributed by atoms with van der Waals surface area (Å²) in [5, 5.41) is 6.90. The van der Waals surface area contributed by atoms with Gasteiger partial charge in [0.15, 0.2) is 0 Å². The number of hydrogen-bond acceptors (Lipinski definition) is 4. The summed E-state index contributed by atoms with van der Waals surface area (Å²) in [5.74, 6) is 0.580. The van der Waals surface area contributed by atoms with Crippen LogP contribution in [0.25, 0.3) is 10.8 Å². The van der Waals surface area contributed by atoms with Crippen LogP contribution in [0.3, 0.4) is 0 Å². The van der Waals surface area contributed by atoms with Gasteiger partial charge in [0, 0.05) is 22.3 Å². The number of aliphatic imine (C=N–C) groups is 1. The van der Waals surface area contributed by atoms with Gasteiger partial charge in [-0.15, -0.1) is 11.3 Å². The van der Waals surface area contributed by atoms with E-state index < -0.39 is 0 Å². The van der Waals surface area contributed by atoms with Crippen molar-refractivity contribution in [3.05, 3.63) is 122 Å². The normalized spacial score (nSPS) is 12.9. The highest BCUT2D eigenvalue weighted by Crippen LogP contribution is 2.41. The number of nitrogens with zero attached hydrogens (tertiary/aromatic N) is 1. The van der Waals surface area contributed by atoms with E-state index in [1.807, 2.05) is 72.9 Å². The molecule has 1 heterocycles. The van der Waals surface area contributed by atoms with Gasteiger partial charge in [0.1, 0.15) is 17.4 Å². The van der Waals surface area contributed by atoms with Crippen molar-refractivity contribution in [2.45, 2.75) is 32.3 Å². The lowest BCUT2D eigenvalue weighted by Crippen LogP contribution is -2.14. The number of benzene rings is 4. The molecule has 0 unspecified atom stereocenters. The molecule has 1 aliphatic rings. The molecule has 0 spiro atoms. The van der Waals surface area contributed by atoms with E-state index in [1.165, 1.54) is 4.88 Å². The van der Waals surface area contributed by atoms with Gasteiger partial charge in [-0.05, 0) is 77.9 Å². The zero-order valence-electron chi connectivity index (χ0n) is 21.6. The Bertz CT molecular complexity index is 1730. The molecule has 1 N–H and O–H groups in total. The lowest BCUT2D eigenvalue weighted by Gasteiger charge is -2.13. The molecule has 5 aromatic rings. The van der Waals surface area contributed by atoms with Crippen molar-refractivity contribution in [2.75, 3.05) is 5.32 Å². The molecule has 7 heteroatoms. The average Bonchev–Trinajstić information content (AvgIpc) is 3.36. The van der Waals surface area contributed by atoms with Gasteiger partial charge in [0.05, 0.1) is 15.6 Å². The molecule has 0 aliphatic heterocycles. The first-order valence-corrected chi connectivity index (χ1v) is 14.8. The first-order chi connectivity index (χ1) is 19.6. The van der Waals surface area contributed by atoms with Crippen LogP contribution in [0.5, 0.6) is 5.75 Å². The first-order valence-electron chi connectivity index (χ1n) is 13.2. The number of rotatable bonds is 7. The van der Waals surface area contributed by atoms with E-state index in [9.17, 15) is 4.79 Å². The van der Waals surface area contributed by atoms with E-state index in [0.29, 0.717) is 28.0 Å². The maximum atomic E-state index is 13.5. The summed E-state index contributed by atoms with van der Waals surface area (Å²) >= 11 is 13.9. The fourth-order valence-electron chi connectivity index (χ4n) is 5.04. The summed E-state index contributed by atoms with van der Waals surface area (Å²) in [6.45, 7) is 0.327. The number of amides is 1. The number of nitrogens with one attached hydrogen (secondary N) is 1. The highest BCUT2D eigenvalue weighted by Gasteiger charge is 2.25. The summed E-state index contributed by atoms with van der Waals surface area (Å²) in [7, 11) is 0. The van der Waals surface area contributed by atoms with Crippen LogP contribution in [0.1, 0.15) is 44.8 Å². The Kier molecular flexibility index (Phi) is 7.87. The van der Waals surface area contributed by atoms with E-state index in [4.69, 9.17) is 32.9 Å². The number of aryl methyl sites for hydroxylation is 1. The minimum Gasteiger partial charge on any atom is -0.488 e. The molecule has 0 fully saturated rings. The summed E-state index contributed by atoms with van der Waals surface area (Å²) in [6.07, 6.45) is 5.92. The van der Waals surface area contributed by atoms with Gasteiger partial charge in [-0.2, -0.15) is 0 Å². The Balaban J connectivity index is 1.37. The van der Waals surface area contributed by atoms with Crippen molar-refractivity contribution in [3.8, 4) is 5.75 Å². The molecule has 1 aliphatic carbocycles. The average molecular weight is 586 g/mol.